The molecule has 7 heteroatoms. The summed E-state index contributed by atoms with van der Waals surface area (Å²) in [4.78, 5) is 25.9. The van der Waals surface area contributed by atoms with Crippen molar-refractivity contribution in [3.05, 3.63) is 71.2 Å². The molecule has 1 N–H and O–H groups in total. The SMILES string of the molecule is CSc1ccc(CNC(=O)c2cnc3c(c2)OCCN3c2cc(C3CC3)nc(C3CC3)c2)cc1. The Hall–Kier alpha value is -3.06. The van der Waals surface area contributed by atoms with E-state index < -0.39 is 0 Å². The van der Waals surface area contributed by atoms with Crippen molar-refractivity contribution in [2.45, 2.75) is 49.0 Å². The second-order valence-corrected chi connectivity index (χ2v) is 10.2. The van der Waals surface area contributed by atoms with Crippen molar-refractivity contribution < 1.29 is 9.53 Å². The molecule has 0 atom stereocenters. The first-order chi connectivity index (χ1) is 16.7. The fraction of sp³-hybridized carbons (Fsp3) is 0.370. The number of nitrogens with one attached hydrogen (secondary N) is 1. The lowest BCUT2D eigenvalue weighted by molar-refractivity contribution is 0.0950. The smallest absolute Gasteiger partial charge is 0.253 e. The van der Waals surface area contributed by atoms with Gasteiger partial charge in [0.15, 0.2) is 11.6 Å². The van der Waals surface area contributed by atoms with Crippen molar-refractivity contribution in [3.63, 3.8) is 0 Å². The molecule has 3 aromatic rings. The third kappa shape index (κ3) is 4.49. The number of hydrogen-bond acceptors (Lipinski definition) is 6. The van der Waals surface area contributed by atoms with Gasteiger partial charge in [-0.05, 0) is 67.8 Å². The molecule has 3 heterocycles. The van der Waals surface area contributed by atoms with Crippen molar-refractivity contribution >= 4 is 29.2 Å². The predicted octanol–water partition coefficient (Wildman–Crippen LogP) is 5.41. The number of amides is 1. The van der Waals surface area contributed by atoms with Gasteiger partial charge in [0.25, 0.3) is 5.91 Å². The third-order valence-corrected chi connectivity index (χ3v) is 7.43. The number of anilines is 2. The lowest BCUT2D eigenvalue weighted by atomic mass is 10.1. The summed E-state index contributed by atoms with van der Waals surface area (Å²) in [5.41, 5.74) is 5.15. The van der Waals surface area contributed by atoms with Crippen LogP contribution >= 0.6 is 11.8 Å². The molecule has 0 spiro atoms. The van der Waals surface area contributed by atoms with Crippen LogP contribution in [0.15, 0.2) is 53.6 Å². The first-order valence-electron chi connectivity index (χ1n) is 12.0. The fourth-order valence-electron chi connectivity index (χ4n) is 4.39. The van der Waals surface area contributed by atoms with Crippen LogP contribution in [-0.4, -0.2) is 35.3 Å². The average Bonchev–Trinajstić information content (AvgIpc) is 3.79. The summed E-state index contributed by atoms with van der Waals surface area (Å²) in [6.07, 6.45) is 8.64. The maximum absolute atomic E-state index is 12.8. The van der Waals surface area contributed by atoms with Gasteiger partial charge in [0.2, 0.25) is 0 Å². The summed E-state index contributed by atoms with van der Waals surface area (Å²) in [6, 6.07) is 14.5. The molecule has 34 heavy (non-hydrogen) atoms. The van der Waals surface area contributed by atoms with Crippen LogP contribution in [0.3, 0.4) is 0 Å². The lowest BCUT2D eigenvalue weighted by Gasteiger charge is -2.30. The number of hydrogen-bond donors (Lipinski definition) is 1. The molecule has 1 aromatic carbocycles. The molecule has 1 aliphatic heterocycles. The van der Waals surface area contributed by atoms with E-state index in [9.17, 15) is 4.79 Å². The van der Waals surface area contributed by atoms with E-state index in [2.05, 4.69) is 45.7 Å². The highest BCUT2D eigenvalue weighted by Gasteiger charge is 2.32. The molecule has 174 valence electrons. The molecule has 0 radical (unpaired) electrons. The molecular formula is C27H28N4O2S. The quantitative estimate of drug-likeness (QED) is 0.464. The van der Waals surface area contributed by atoms with Crippen molar-refractivity contribution in [1.82, 2.24) is 15.3 Å². The number of pyridine rings is 2. The molecule has 3 aliphatic rings. The minimum absolute atomic E-state index is 0.152. The Morgan fingerprint density at radius 3 is 2.44 bits per heavy atom. The van der Waals surface area contributed by atoms with E-state index in [0.29, 0.717) is 36.3 Å². The second kappa shape index (κ2) is 8.95. The lowest BCUT2D eigenvalue weighted by Crippen LogP contribution is -2.30. The summed E-state index contributed by atoms with van der Waals surface area (Å²) >= 11 is 1.70. The van der Waals surface area contributed by atoms with Crippen LogP contribution in [0.1, 0.15) is 64.8 Å². The Morgan fingerprint density at radius 1 is 1.09 bits per heavy atom. The largest absolute Gasteiger partial charge is 0.488 e. The van der Waals surface area contributed by atoms with Crippen molar-refractivity contribution in [3.8, 4) is 5.75 Å². The molecule has 1 amide bonds. The van der Waals surface area contributed by atoms with Crippen molar-refractivity contribution in [2.24, 2.45) is 0 Å². The molecule has 2 aliphatic carbocycles. The van der Waals surface area contributed by atoms with Gasteiger partial charge in [0, 0.05) is 46.5 Å². The number of carbonyl (C=O) groups excluding carboxylic acids is 1. The number of thioether (sulfide) groups is 1. The van der Waals surface area contributed by atoms with Gasteiger partial charge in [-0.3, -0.25) is 9.78 Å². The summed E-state index contributed by atoms with van der Waals surface area (Å²) in [7, 11) is 0. The van der Waals surface area contributed by atoms with Gasteiger partial charge in [0.05, 0.1) is 12.1 Å². The normalized spacial score (nSPS) is 17.1. The number of fused-ring (bicyclic) bond motifs is 1. The maximum Gasteiger partial charge on any atom is 0.253 e. The Bertz CT molecular complexity index is 1190. The van der Waals surface area contributed by atoms with Gasteiger partial charge < -0.3 is 15.0 Å². The van der Waals surface area contributed by atoms with Gasteiger partial charge in [0.1, 0.15) is 6.61 Å². The summed E-state index contributed by atoms with van der Waals surface area (Å²) in [6.45, 7) is 1.76. The van der Waals surface area contributed by atoms with Crippen LogP contribution in [0, 0.1) is 0 Å². The fourth-order valence-corrected chi connectivity index (χ4v) is 4.80. The number of aromatic nitrogens is 2. The minimum atomic E-state index is -0.152. The van der Waals surface area contributed by atoms with Crippen LogP contribution in [0.2, 0.25) is 0 Å². The van der Waals surface area contributed by atoms with Crippen LogP contribution in [0.25, 0.3) is 0 Å². The molecule has 0 saturated heterocycles. The Labute approximate surface area is 204 Å². The van der Waals surface area contributed by atoms with E-state index in [1.54, 1.807) is 18.0 Å². The number of rotatable bonds is 7. The van der Waals surface area contributed by atoms with Crippen molar-refractivity contribution in [1.29, 1.82) is 0 Å². The van der Waals surface area contributed by atoms with Crippen molar-refractivity contribution in [2.75, 3.05) is 24.3 Å². The highest BCUT2D eigenvalue weighted by Crippen LogP contribution is 2.46. The number of nitrogens with zero attached hydrogens (tertiary/aromatic N) is 3. The van der Waals surface area contributed by atoms with E-state index in [0.717, 1.165) is 23.6 Å². The summed E-state index contributed by atoms with van der Waals surface area (Å²) in [5.74, 6) is 2.48. The average molecular weight is 473 g/mol. The maximum atomic E-state index is 12.8. The van der Waals surface area contributed by atoms with Gasteiger partial charge >= 0.3 is 0 Å². The van der Waals surface area contributed by atoms with E-state index in [-0.39, 0.29) is 5.91 Å². The number of benzene rings is 1. The van der Waals surface area contributed by atoms with E-state index in [1.165, 1.54) is 42.0 Å². The summed E-state index contributed by atoms with van der Waals surface area (Å²) in [5, 5.41) is 2.99. The standard InChI is InChI=1S/C27H28N4O2S/c1-34-22-8-2-17(3-9-22)15-29-27(32)20-12-25-26(28-16-20)31(10-11-33-25)21-13-23(18-4-5-18)30-24(14-21)19-6-7-19/h2-3,8-9,12-14,16,18-19H,4-7,10-11,15H2,1H3,(H,29,32). The molecule has 6 rings (SSSR count). The Morgan fingerprint density at radius 2 is 1.79 bits per heavy atom. The second-order valence-electron chi connectivity index (χ2n) is 9.30. The molecular weight excluding hydrogens is 444 g/mol. The Kier molecular flexibility index (Phi) is 5.65. The molecule has 2 aromatic heterocycles. The van der Waals surface area contributed by atoms with Gasteiger partial charge in [-0.2, -0.15) is 0 Å². The van der Waals surface area contributed by atoms with Crippen LogP contribution in [-0.2, 0) is 6.54 Å². The number of ether oxygens (including phenoxy) is 1. The van der Waals surface area contributed by atoms with Crippen LogP contribution in [0.4, 0.5) is 11.5 Å². The van der Waals surface area contributed by atoms with Crippen LogP contribution < -0.4 is 15.0 Å². The monoisotopic (exact) mass is 472 g/mol. The van der Waals surface area contributed by atoms with Gasteiger partial charge in [-0.15, -0.1) is 11.8 Å². The highest BCUT2D eigenvalue weighted by atomic mass is 32.2. The minimum Gasteiger partial charge on any atom is -0.488 e. The van der Waals surface area contributed by atoms with Gasteiger partial charge in [-0.25, -0.2) is 4.98 Å². The zero-order valence-corrected chi connectivity index (χ0v) is 20.1. The topological polar surface area (TPSA) is 67.3 Å². The zero-order chi connectivity index (χ0) is 23.1. The molecule has 0 unspecified atom stereocenters. The molecule has 0 bridgehead atoms. The zero-order valence-electron chi connectivity index (χ0n) is 19.3. The number of carbonyl (C=O) groups is 1. The van der Waals surface area contributed by atoms with Crippen LogP contribution in [0.5, 0.6) is 5.75 Å². The van der Waals surface area contributed by atoms with E-state index in [1.807, 2.05) is 18.2 Å². The molecule has 6 nitrogen and oxygen atoms in total. The van der Waals surface area contributed by atoms with E-state index >= 15 is 0 Å². The van der Waals surface area contributed by atoms with E-state index in [4.69, 9.17) is 9.72 Å². The third-order valence-electron chi connectivity index (χ3n) is 6.69. The summed E-state index contributed by atoms with van der Waals surface area (Å²) < 4.78 is 5.93. The van der Waals surface area contributed by atoms with Gasteiger partial charge in [-0.1, -0.05) is 12.1 Å². The first-order valence-corrected chi connectivity index (χ1v) is 13.2. The first kappa shape index (κ1) is 21.5. The predicted molar refractivity (Wildman–Crippen MR) is 134 cm³/mol. The molecule has 2 fully saturated rings. The molecule has 2 saturated carbocycles. The highest BCUT2D eigenvalue weighted by molar-refractivity contribution is 7.98. The Balaban J connectivity index is 1.21.